The molecule has 0 radical (unpaired) electrons. The van der Waals surface area contributed by atoms with Crippen molar-refractivity contribution in [2.75, 3.05) is 0 Å². The predicted molar refractivity (Wildman–Crippen MR) is 91.7 cm³/mol. The molecule has 1 saturated carbocycles. The first kappa shape index (κ1) is 15.7. The molecule has 1 aliphatic rings. The van der Waals surface area contributed by atoms with Crippen molar-refractivity contribution in [2.45, 2.75) is 38.8 Å². The first-order chi connectivity index (χ1) is 12.1. The van der Waals surface area contributed by atoms with Gasteiger partial charge in [0.2, 0.25) is 0 Å². The molecule has 128 valence electrons. The topological polar surface area (TPSA) is 50.5 Å². The fourth-order valence-electron chi connectivity index (χ4n) is 3.26. The third kappa shape index (κ3) is 2.77. The minimum absolute atomic E-state index is 0.0896. The number of amides is 1. The molecular weight excluding hydrogens is 319 g/mol. The van der Waals surface area contributed by atoms with Crippen molar-refractivity contribution in [3.63, 3.8) is 0 Å². The number of nitrogens with zero attached hydrogens (tertiary/aromatic N) is 4. The maximum atomic E-state index is 14.2. The summed E-state index contributed by atoms with van der Waals surface area (Å²) in [6.45, 7) is 3.73. The summed E-state index contributed by atoms with van der Waals surface area (Å²) in [5, 5.41) is 8.07. The molecule has 5 nitrogen and oxygen atoms in total. The van der Waals surface area contributed by atoms with E-state index >= 15 is 0 Å². The van der Waals surface area contributed by atoms with E-state index in [4.69, 9.17) is 0 Å². The largest absolute Gasteiger partial charge is 0.329 e. The van der Waals surface area contributed by atoms with Crippen molar-refractivity contribution in [2.24, 2.45) is 0 Å². The fourth-order valence-corrected chi connectivity index (χ4v) is 3.26. The van der Waals surface area contributed by atoms with Crippen LogP contribution in [0.25, 0.3) is 5.65 Å². The highest BCUT2D eigenvalue weighted by atomic mass is 19.1. The summed E-state index contributed by atoms with van der Waals surface area (Å²) in [7, 11) is 0. The van der Waals surface area contributed by atoms with E-state index in [1.807, 2.05) is 13.8 Å². The number of aryl methyl sites for hydroxylation is 1. The minimum atomic E-state index is -0.320. The molecule has 0 bridgehead atoms. The summed E-state index contributed by atoms with van der Waals surface area (Å²) >= 11 is 0. The molecule has 2 heterocycles. The van der Waals surface area contributed by atoms with Gasteiger partial charge in [-0.25, -0.2) is 4.39 Å². The van der Waals surface area contributed by atoms with Gasteiger partial charge in [0.25, 0.3) is 5.91 Å². The molecule has 1 fully saturated rings. The average Bonchev–Trinajstić information content (AvgIpc) is 3.38. The number of halogens is 1. The lowest BCUT2D eigenvalue weighted by Crippen LogP contribution is -2.36. The van der Waals surface area contributed by atoms with Gasteiger partial charge in [0.05, 0.1) is 11.6 Å². The van der Waals surface area contributed by atoms with Gasteiger partial charge in [-0.1, -0.05) is 18.2 Å². The molecule has 6 heteroatoms. The lowest BCUT2D eigenvalue weighted by atomic mass is 10.0. The summed E-state index contributed by atoms with van der Waals surface area (Å²) < 4.78 is 16.0. The highest BCUT2D eigenvalue weighted by molar-refractivity contribution is 5.95. The number of hydrogen-bond acceptors (Lipinski definition) is 3. The van der Waals surface area contributed by atoms with Crippen LogP contribution in [0.5, 0.6) is 0 Å². The molecule has 2 aromatic heterocycles. The van der Waals surface area contributed by atoms with Crippen molar-refractivity contribution in [1.29, 1.82) is 0 Å². The van der Waals surface area contributed by atoms with Crippen LogP contribution >= 0.6 is 0 Å². The van der Waals surface area contributed by atoms with E-state index in [-0.39, 0.29) is 23.8 Å². The minimum Gasteiger partial charge on any atom is -0.329 e. The Hall–Kier alpha value is -2.76. The molecule has 0 N–H and O–H groups in total. The molecule has 25 heavy (non-hydrogen) atoms. The van der Waals surface area contributed by atoms with Crippen LogP contribution in [0.1, 0.15) is 47.6 Å². The Labute approximate surface area is 145 Å². The number of carbonyl (C=O) groups excluding carboxylic acids is 1. The van der Waals surface area contributed by atoms with Crippen molar-refractivity contribution in [3.05, 3.63) is 65.4 Å². The standard InChI is InChI=1S/C19H19FN4O/c1-12(16-5-3-4-6-17(16)20)24(15-8-9-15)19(25)14-7-10-18-22-21-13(2)23(18)11-14/h3-7,10-12,15H,8-9H2,1-2H3. The molecule has 0 spiro atoms. The quantitative estimate of drug-likeness (QED) is 0.731. The molecular formula is C19H19FN4O. The van der Waals surface area contributed by atoms with Crippen LogP contribution in [0.15, 0.2) is 42.6 Å². The first-order valence-electron chi connectivity index (χ1n) is 8.44. The fraction of sp³-hybridized carbons (Fsp3) is 0.316. The maximum Gasteiger partial charge on any atom is 0.256 e. The Balaban J connectivity index is 1.71. The van der Waals surface area contributed by atoms with Crippen LogP contribution in [-0.2, 0) is 0 Å². The molecule has 1 amide bonds. The van der Waals surface area contributed by atoms with Gasteiger partial charge >= 0.3 is 0 Å². The second-order valence-corrected chi connectivity index (χ2v) is 6.53. The first-order valence-corrected chi connectivity index (χ1v) is 8.44. The van der Waals surface area contributed by atoms with Gasteiger partial charge in [0, 0.05) is 17.8 Å². The van der Waals surface area contributed by atoms with E-state index in [9.17, 15) is 9.18 Å². The third-order valence-electron chi connectivity index (χ3n) is 4.77. The zero-order valence-electron chi connectivity index (χ0n) is 14.2. The third-order valence-corrected chi connectivity index (χ3v) is 4.77. The van der Waals surface area contributed by atoms with Gasteiger partial charge < -0.3 is 4.90 Å². The Morgan fingerprint density at radius 2 is 2.00 bits per heavy atom. The SMILES string of the molecule is Cc1nnc2ccc(C(=O)N(C3CC3)C(C)c3ccccc3F)cn12. The van der Waals surface area contributed by atoms with Crippen LogP contribution in [0, 0.1) is 12.7 Å². The Morgan fingerprint density at radius 3 is 2.72 bits per heavy atom. The molecule has 1 unspecified atom stereocenters. The molecule has 3 aromatic rings. The monoisotopic (exact) mass is 338 g/mol. The van der Waals surface area contributed by atoms with E-state index < -0.39 is 0 Å². The summed E-state index contributed by atoms with van der Waals surface area (Å²) in [6.07, 6.45) is 3.67. The van der Waals surface area contributed by atoms with Gasteiger partial charge in [0.15, 0.2) is 5.65 Å². The second-order valence-electron chi connectivity index (χ2n) is 6.53. The number of rotatable bonds is 4. The van der Waals surface area contributed by atoms with Crippen molar-refractivity contribution < 1.29 is 9.18 Å². The number of fused-ring (bicyclic) bond motifs is 1. The van der Waals surface area contributed by atoms with E-state index in [1.54, 1.807) is 45.8 Å². The number of benzene rings is 1. The van der Waals surface area contributed by atoms with Crippen molar-refractivity contribution in [1.82, 2.24) is 19.5 Å². The average molecular weight is 338 g/mol. The van der Waals surface area contributed by atoms with Crippen LogP contribution in [0.2, 0.25) is 0 Å². The van der Waals surface area contributed by atoms with Crippen LogP contribution in [0.3, 0.4) is 0 Å². The summed E-state index contributed by atoms with van der Waals surface area (Å²) in [4.78, 5) is 15.0. The predicted octanol–water partition coefficient (Wildman–Crippen LogP) is 3.54. The summed E-state index contributed by atoms with van der Waals surface area (Å²) in [6, 6.07) is 10.0. The Bertz CT molecular complexity index is 948. The van der Waals surface area contributed by atoms with Gasteiger partial charge in [-0.2, -0.15) is 0 Å². The number of pyridine rings is 1. The van der Waals surface area contributed by atoms with Crippen molar-refractivity contribution >= 4 is 11.6 Å². The Kier molecular flexibility index (Phi) is 3.75. The number of carbonyl (C=O) groups is 1. The normalized spacial score (nSPS) is 15.3. The maximum absolute atomic E-state index is 14.2. The molecule has 0 aliphatic heterocycles. The lowest BCUT2D eigenvalue weighted by Gasteiger charge is -2.30. The van der Waals surface area contributed by atoms with E-state index in [0.29, 0.717) is 16.8 Å². The van der Waals surface area contributed by atoms with Crippen molar-refractivity contribution in [3.8, 4) is 0 Å². The van der Waals surface area contributed by atoms with Crippen LogP contribution in [-0.4, -0.2) is 31.4 Å². The van der Waals surface area contributed by atoms with Gasteiger partial charge in [-0.05, 0) is 44.9 Å². The Morgan fingerprint density at radius 1 is 1.24 bits per heavy atom. The summed E-state index contributed by atoms with van der Waals surface area (Å²) in [5.41, 5.74) is 1.81. The van der Waals surface area contributed by atoms with Gasteiger partial charge in [-0.3, -0.25) is 9.20 Å². The molecule has 1 atom stereocenters. The lowest BCUT2D eigenvalue weighted by molar-refractivity contribution is 0.0670. The van der Waals surface area contributed by atoms with E-state index in [1.165, 1.54) is 6.07 Å². The molecule has 1 aromatic carbocycles. The smallest absolute Gasteiger partial charge is 0.256 e. The zero-order valence-corrected chi connectivity index (χ0v) is 14.2. The van der Waals surface area contributed by atoms with Crippen LogP contribution < -0.4 is 0 Å². The highest BCUT2D eigenvalue weighted by Crippen LogP contribution is 2.36. The number of hydrogen-bond donors (Lipinski definition) is 0. The molecule has 0 saturated heterocycles. The van der Waals surface area contributed by atoms with E-state index in [2.05, 4.69) is 10.2 Å². The number of aromatic nitrogens is 3. The highest BCUT2D eigenvalue weighted by Gasteiger charge is 2.37. The second kappa shape index (κ2) is 5.95. The molecule has 4 rings (SSSR count). The zero-order chi connectivity index (χ0) is 17.6. The van der Waals surface area contributed by atoms with E-state index in [0.717, 1.165) is 18.7 Å². The summed E-state index contributed by atoms with van der Waals surface area (Å²) in [5.74, 6) is 0.358. The van der Waals surface area contributed by atoms with Gasteiger partial charge in [0.1, 0.15) is 11.6 Å². The molecule has 1 aliphatic carbocycles. The van der Waals surface area contributed by atoms with Crippen LogP contribution in [0.4, 0.5) is 4.39 Å². The van der Waals surface area contributed by atoms with Gasteiger partial charge in [-0.15, -0.1) is 10.2 Å².